The molecule has 22 heavy (non-hydrogen) atoms. The van der Waals surface area contributed by atoms with E-state index in [0.717, 1.165) is 39.3 Å². The molecule has 0 unspecified atom stereocenters. The van der Waals surface area contributed by atoms with Gasteiger partial charge in [0.15, 0.2) is 5.82 Å². The molecule has 5 nitrogen and oxygen atoms in total. The van der Waals surface area contributed by atoms with E-state index in [-0.39, 0.29) is 0 Å². The van der Waals surface area contributed by atoms with Crippen molar-refractivity contribution in [2.75, 3.05) is 7.11 Å². The summed E-state index contributed by atoms with van der Waals surface area (Å²) in [6.45, 7) is 4.36. The van der Waals surface area contributed by atoms with Crippen molar-refractivity contribution in [3.63, 3.8) is 0 Å². The second-order valence-corrected chi connectivity index (χ2v) is 7.76. The Bertz CT molecular complexity index is 766. The van der Waals surface area contributed by atoms with E-state index >= 15 is 0 Å². The molecule has 0 atom stereocenters. The zero-order chi connectivity index (χ0) is 15.5. The molecule has 0 bridgehead atoms. The Morgan fingerprint density at radius 2 is 2.09 bits per heavy atom. The Morgan fingerprint density at radius 3 is 2.86 bits per heavy atom. The first-order valence-electron chi connectivity index (χ1n) is 7.11. The van der Waals surface area contributed by atoms with Crippen LogP contribution in [-0.2, 0) is 12.2 Å². The van der Waals surface area contributed by atoms with Crippen molar-refractivity contribution in [2.24, 2.45) is 0 Å². The van der Waals surface area contributed by atoms with Crippen molar-refractivity contribution >= 4 is 28.1 Å². The Balaban J connectivity index is 1.83. The molecule has 3 aromatic rings. The average molecular weight is 334 g/mol. The summed E-state index contributed by atoms with van der Waals surface area (Å²) in [5.74, 6) is 2.64. The highest BCUT2D eigenvalue weighted by Crippen LogP contribution is 2.24. The van der Waals surface area contributed by atoms with E-state index in [2.05, 4.69) is 35.2 Å². The van der Waals surface area contributed by atoms with Gasteiger partial charge >= 0.3 is 0 Å². The minimum Gasteiger partial charge on any atom is -0.496 e. The number of para-hydroxylation sites is 1. The lowest BCUT2D eigenvalue weighted by atomic mass is 10.1. The maximum Gasteiger partial charge on any atom is 0.234 e. The molecule has 0 aliphatic carbocycles. The van der Waals surface area contributed by atoms with Crippen molar-refractivity contribution in [1.82, 2.24) is 19.8 Å². The van der Waals surface area contributed by atoms with Crippen molar-refractivity contribution in [1.29, 1.82) is 0 Å². The minimum absolute atomic E-state index is 0.569. The summed E-state index contributed by atoms with van der Waals surface area (Å²) in [5.41, 5.74) is 1.13. The van der Waals surface area contributed by atoms with Crippen LogP contribution < -0.4 is 4.74 Å². The Hall–Kier alpha value is -1.60. The van der Waals surface area contributed by atoms with Crippen molar-refractivity contribution in [3.05, 3.63) is 40.7 Å². The smallest absolute Gasteiger partial charge is 0.234 e. The minimum atomic E-state index is 0.569. The number of fused-ring (bicyclic) bond motifs is 1. The van der Waals surface area contributed by atoms with Gasteiger partial charge in [-0.15, -0.1) is 10.2 Å². The first-order valence-corrected chi connectivity index (χ1v) is 8.97. The van der Waals surface area contributed by atoms with Crippen LogP contribution in [0.15, 0.2) is 24.3 Å². The first kappa shape index (κ1) is 15.3. The predicted molar refractivity (Wildman–Crippen MR) is 90.9 cm³/mol. The number of hydrogen-bond acceptors (Lipinski definition) is 6. The summed E-state index contributed by atoms with van der Waals surface area (Å²) in [6.07, 6.45) is 0.745. The van der Waals surface area contributed by atoms with Gasteiger partial charge in [0.25, 0.3) is 0 Å². The first-order chi connectivity index (χ1) is 10.7. The third-order valence-electron chi connectivity index (χ3n) is 3.18. The predicted octanol–water partition coefficient (Wildman–Crippen LogP) is 3.43. The monoisotopic (exact) mass is 334 g/mol. The number of thioether (sulfide) groups is 1. The summed E-state index contributed by atoms with van der Waals surface area (Å²) in [4.78, 5) is 0.851. The van der Waals surface area contributed by atoms with Gasteiger partial charge in [-0.2, -0.15) is 21.4 Å². The lowest BCUT2D eigenvalue weighted by molar-refractivity contribution is 0.410. The SMILES string of the molecule is COc1ccccc1Cc1nn2c(CSC(C)C)nnc2s1. The van der Waals surface area contributed by atoms with Crippen LogP contribution in [0.2, 0.25) is 0 Å². The third kappa shape index (κ3) is 3.25. The number of methoxy groups -OCH3 is 1. The molecule has 0 N–H and O–H groups in total. The molecule has 1 aromatic carbocycles. The number of ether oxygens (including phenoxy) is 1. The molecule has 116 valence electrons. The van der Waals surface area contributed by atoms with Gasteiger partial charge in [-0.25, -0.2) is 0 Å². The molecule has 0 saturated carbocycles. The topological polar surface area (TPSA) is 52.3 Å². The molecule has 0 aliphatic rings. The molecule has 3 rings (SSSR count). The van der Waals surface area contributed by atoms with Gasteiger partial charge in [0.2, 0.25) is 4.96 Å². The van der Waals surface area contributed by atoms with Crippen LogP contribution in [0.5, 0.6) is 5.75 Å². The van der Waals surface area contributed by atoms with Gasteiger partial charge in [0.05, 0.1) is 12.9 Å². The highest BCUT2D eigenvalue weighted by Gasteiger charge is 2.13. The molecule has 2 heterocycles. The molecule has 2 aromatic heterocycles. The van der Waals surface area contributed by atoms with Crippen molar-refractivity contribution in [2.45, 2.75) is 31.3 Å². The largest absolute Gasteiger partial charge is 0.496 e. The fraction of sp³-hybridized carbons (Fsp3) is 0.400. The van der Waals surface area contributed by atoms with E-state index in [0.29, 0.717) is 5.25 Å². The molecule has 0 fully saturated rings. The summed E-state index contributed by atoms with van der Waals surface area (Å²) < 4.78 is 7.27. The molecule has 0 saturated heterocycles. The number of hydrogen-bond donors (Lipinski definition) is 0. The fourth-order valence-corrected chi connectivity index (χ4v) is 3.65. The number of benzene rings is 1. The fourth-order valence-electron chi connectivity index (χ4n) is 2.11. The molecule has 0 spiro atoms. The molecule has 0 amide bonds. The normalized spacial score (nSPS) is 11.5. The number of nitrogens with zero attached hydrogens (tertiary/aromatic N) is 4. The second-order valence-electron chi connectivity index (χ2n) is 5.15. The summed E-state index contributed by atoms with van der Waals surface area (Å²) in [5, 5.41) is 14.7. The summed E-state index contributed by atoms with van der Waals surface area (Å²) in [7, 11) is 1.69. The van der Waals surface area contributed by atoms with Crippen LogP contribution in [0.4, 0.5) is 0 Å². The van der Waals surface area contributed by atoms with Crippen LogP contribution in [0.1, 0.15) is 30.2 Å². The Morgan fingerprint density at radius 1 is 1.27 bits per heavy atom. The maximum absolute atomic E-state index is 5.40. The summed E-state index contributed by atoms with van der Waals surface area (Å²) in [6, 6.07) is 8.03. The van der Waals surface area contributed by atoms with E-state index < -0.39 is 0 Å². The van der Waals surface area contributed by atoms with Gasteiger partial charge in [-0.1, -0.05) is 43.4 Å². The van der Waals surface area contributed by atoms with Crippen LogP contribution in [0.3, 0.4) is 0 Å². The lowest BCUT2D eigenvalue weighted by Crippen LogP contribution is -1.98. The third-order valence-corrected chi connectivity index (χ3v) is 5.17. The number of rotatable bonds is 6. The Kier molecular flexibility index (Phi) is 4.63. The standard InChI is InChI=1S/C15H18N4OS2/c1-10(2)21-9-13-16-17-15-19(13)18-14(22-15)8-11-6-4-5-7-12(11)20-3/h4-7,10H,8-9H2,1-3H3. The molecular formula is C15H18N4OS2. The zero-order valence-corrected chi connectivity index (χ0v) is 14.4. The average Bonchev–Trinajstić information content (AvgIpc) is 3.06. The molecular weight excluding hydrogens is 316 g/mol. The van der Waals surface area contributed by atoms with Gasteiger partial charge in [-0.05, 0) is 11.3 Å². The van der Waals surface area contributed by atoms with E-state index in [1.54, 1.807) is 18.4 Å². The van der Waals surface area contributed by atoms with E-state index in [1.165, 1.54) is 0 Å². The quantitative estimate of drug-likeness (QED) is 0.691. The number of aromatic nitrogens is 4. The van der Waals surface area contributed by atoms with Gasteiger partial charge < -0.3 is 4.74 Å². The highest BCUT2D eigenvalue weighted by atomic mass is 32.2. The van der Waals surface area contributed by atoms with E-state index in [4.69, 9.17) is 4.74 Å². The summed E-state index contributed by atoms with van der Waals surface area (Å²) >= 11 is 3.42. The lowest BCUT2D eigenvalue weighted by Gasteiger charge is -2.05. The van der Waals surface area contributed by atoms with E-state index in [1.807, 2.05) is 34.5 Å². The molecule has 0 aliphatic heterocycles. The maximum atomic E-state index is 5.40. The van der Waals surface area contributed by atoms with Crippen LogP contribution in [0.25, 0.3) is 4.96 Å². The zero-order valence-electron chi connectivity index (χ0n) is 12.8. The molecule has 7 heteroatoms. The van der Waals surface area contributed by atoms with Gasteiger partial charge in [-0.3, -0.25) is 0 Å². The Labute approximate surface area is 137 Å². The van der Waals surface area contributed by atoms with Crippen LogP contribution in [-0.4, -0.2) is 32.2 Å². The highest BCUT2D eigenvalue weighted by molar-refractivity contribution is 7.99. The second kappa shape index (κ2) is 6.66. The van der Waals surface area contributed by atoms with Crippen LogP contribution in [0, 0.1) is 0 Å². The van der Waals surface area contributed by atoms with Crippen molar-refractivity contribution < 1.29 is 4.74 Å². The van der Waals surface area contributed by atoms with Crippen molar-refractivity contribution in [3.8, 4) is 5.75 Å². The molecule has 0 radical (unpaired) electrons. The van der Waals surface area contributed by atoms with Gasteiger partial charge in [0, 0.05) is 12.0 Å². The van der Waals surface area contributed by atoms with Crippen LogP contribution >= 0.6 is 23.1 Å². The van der Waals surface area contributed by atoms with Gasteiger partial charge in [0.1, 0.15) is 10.8 Å². The van der Waals surface area contributed by atoms with E-state index in [9.17, 15) is 0 Å².